The molecule has 2 aromatic heterocycles. The van der Waals surface area contributed by atoms with E-state index in [0.29, 0.717) is 17.1 Å². The van der Waals surface area contributed by atoms with Crippen molar-refractivity contribution in [3.8, 4) is 11.3 Å². The fourth-order valence-electron chi connectivity index (χ4n) is 4.55. The van der Waals surface area contributed by atoms with Crippen LogP contribution in [0.4, 0.5) is 5.82 Å². The minimum Gasteiger partial charge on any atom is -0.417 e. The Kier molecular flexibility index (Phi) is 6.62. The molecule has 2 heterocycles. The van der Waals surface area contributed by atoms with Crippen molar-refractivity contribution >= 4 is 17.5 Å². The molecule has 38 heavy (non-hydrogen) atoms. The van der Waals surface area contributed by atoms with Gasteiger partial charge in [-0.3, -0.25) is 19.0 Å². The van der Waals surface area contributed by atoms with Crippen LogP contribution in [0.25, 0.3) is 11.3 Å². The maximum Gasteiger partial charge on any atom is 0.294 e. The predicted octanol–water partition coefficient (Wildman–Crippen LogP) is 2.98. The molecule has 0 spiro atoms. The lowest BCUT2D eigenvalue weighted by atomic mass is 9.96. The van der Waals surface area contributed by atoms with E-state index < -0.39 is 23.3 Å². The number of carbonyl (C=O) groups is 2. The number of carbonyl (C=O) groups excluding carboxylic acids is 2. The number of nitrogen functional groups attached to an aromatic ring is 1. The third-order valence-electron chi connectivity index (χ3n) is 6.84. The van der Waals surface area contributed by atoms with Gasteiger partial charge in [0, 0.05) is 0 Å². The fourth-order valence-corrected chi connectivity index (χ4v) is 4.55. The average Bonchev–Trinajstić information content (AvgIpc) is 3.59. The standard InChI is InChI=1S/C28H28N6O4/c1-17(2)22(23(36)25-32-33-27(38-25)28(13-14-28)19-11-7-4-8-12-19)31-21(35)16-34-20(15-30-24(29)26(34)37)18-9-5-3-6-10-18/h3-12,15,17,22H,13-14,16H2,1-2H3,(H2,29,30)(H,31,35). The summed E-state index contributed by atoms with van der Waals surface area (Å²) in [7, 11) is 0. The normalized spacial score (nSPS) is 14.7. The maximum atomic E-state index is 13.4. The Hall–Kier alpha value is -4.60. The van der Waals surface area contributed by atoms with E-state index in [-0.39, 0.29) is 29.6 Å². The van der Waals surface area contributed by atoms with Crippen molar-refractivity contribution in [2.24, 2.45) is 5.92 Å². The molecule has 1 unspecified atom stereocenters. The number of hydrogen-bond donors (Lipinski definition) is 2. The van der Waals surface area contributed by atoms with E-state index in [2.05, 4.69) is 20.5 Å². The van der Waals surface area contributed by atoms with Crippen LogP contribution in [-0.2, 0) is 16.8 Å². The van der Waals surface area contributed by atoms with Crippen LogP contribution >= 0.6 is 0 Å². The third kappa shape index (κ3) is 4.72. The minimum atomic E-state index is -0.933. The monoisotopic (exact) mass is 512 g/mol. The second kappa shape index (κ2) is 10.0. The van der Waals surface area contributed by atoms with Gasteiger partial charge in [-0.25, -0.2) is 4.98 Å². The Morgan fingerprint density at radius 1 is 1.05 bits per heavy atom. The second-order valence-corrected chi connectivity index (χ2v) is 9.80. The van der Waals surface area contributed by atoms with Gasteiger partial charge in [0.05, 0.1) is 23.3 Å². The molecule has 1 aliphatic carbocycles. The van der Waals surface area contributed by atoms with Crippen molar-refractivity contribution in [3.05, 3.63) is 94.6 Å². The molecule has 1 atom stereocenters. The van der Waals surface area contributed by atoms with Gasteiger partial charge in [0.2, 0.25) is 17.6 Å². The zero-order valence-electron chi connectivity index (χ0n) is 21.1. The van der Waals surface area contributed by atoms with Gasteiger partial charge in [-0.2, -0.15) is 0 Å². The second-order valence-electron chi connectivity index (χ2n) is 9.80. The van der Waals surface area contributed by atoms with Crippen LogP contribution in [-0.4, -0.2) is 37.5 Å². The fraction of sp³-hybridized carbons (Fsp3) is 0.286. The molecule has 10 nitrogen and oxygen atoms in total. The van der Waals surface area contributed by atoms with Crippen LogP contribution in [0.15, 0.2) is 76.1 Å². The topological polar surface area (TPSA) is 146 Å². The Morgan fingerprint density at radius 2 is 1.71 bits per heavy atom. The van der Waals surface area contributed by atoms with Crippen LogP contribution in [0.1, 0.15) is 48.8 Å². The van der Waals surface area contributed by atoms with Gasteiger partial charge in [-0.15, -0.1) is 10.2 Å². The Bertz CT molecular complexity index is 1520. The summed E-state index contributed by atoms with van der Waals surface area (Å²) in [6.45, 7) is 3.26. The van der Waals surface area contributed by atoms with Crippen molar-refractivity contribution in [1.82, 2.24) is 25.1 Å². The van der Waals surface area contributed by atoms with Gasteiger partial charge >= 0.3 is 0 Å². The number of nitrogens with one attached hydrogen (secondary N) is 1. The molecular formula is C28H28N6O4. The van der Waals surface area contributed by atoms with E-state index in [0.717, 1.165) is 18.4 Å². The van der Waals surface area contributed by atoms with Crippen LogP contribution in [0.2, 0.25) is 0 Å². The van der Waals surface area contributed by atoms with Crippen molar-refractivity contribution in [2.45, 2.75) is 44.7 Å². The predicted molar refractivity (Wildman–Crippen MR) is 140 cm³/mol. The van der Waals surface area contributed by atoms with Gasteiger partial charge in [0.25, 0.3) is 11.4 Å². The summed E-state index contributed by atoms with van der Waals surface area (Å²) in [5.41, 5.74) is 6.98. The molecule has 1 fully saturated rings. The van der Waals surface area contributed by atoms with Crippen LogP contribution < -0.4 is 16.6 Å². The van der Waals surface area contributed by atoms with E-state index in [1.165, 1.54) is 10.8 Å². The number of amides is 1. The van der Waals surface area contributed by atoms with Crippen LogP contribution in [0.5, 0.6) is 0 Å². The minimum absolute atomic E-state index is 0.156. The van der Waals surface area contributed by atoms with E-state index in [9.17, 15) is 14.4 Å². The highest BCUT2D eigenvalue weighted by molar-refractivity contribution is 5.98. The first kappa shape index (κ1) is 25.1. The Labute approximate surface area is 218 Å². The number of anilines is 1. The van der Waals surface area contributed by atoms with E-state index in [1.807, 2.05) is 48.5 Å². The van der Waals surface area contributed by atoms with E-state index in [1.54, 1.807) is 26.0 Å². The lowest BCUT2D eigenvalue weighted by Crippen LogP contribution is -2.46. The molecule has 0 saturated heterocycles. The molecule has 0 aliphatic heterocycles. The molecule has 194 valence electrons. The van der Waals surface area contributed by atoms with E-state index in [4.69, 9.17) is 10.2 Å². The van der Waals surface area contributed by atoms with Crippen molar-refractivity contribution in [3.63, 3.8) is 0 Å². The number of hydrogen-bond acceptors (Lipinski definition) is 8. The van der Waals surface area contributed by atoms with Gasteiger partial charge in [-0.1, -0.05) is 74.5 Å². The molecule has 10 heteroatoms. The van der Waals surface area contributed by atoms with Gasteiger partial charge in [0.15, 0.2) is 5.82 Å². The van der Waals surface area contributed by atoms with Crippen LogP contribution in [0, 0.1) is 5.92 Å². The SMILES string of the molecule is CC(C)C(NC(=O)Cn1c(-c2ccccc2)cnc(N)c1=O)C(=O)c1nnc(C2(c3ccccc3)CC2)o1. The largest absolute Gasteiger partial charge is 0.417 e. The zero-order valence-corrected chi connectivity index (χ0v) is 21.1. The molecular weight excluding hydrogens is 484 g/mol. The highest BCUT2D eigenvalue weighted by atomic mass is 16.4. The number of nitrogens with two attached hydrogens (primary N) is 1. The van der Waals surface area contributed by atoms with Crippen LogP contribution in [0.3, 0.4) is 0 Å². The van der Waals surface area contributed by atoms with Crippen molar-refractivity contribution in [2.75, 3.05) is 5.73 Å². The number of nitrogens with zero attached hydrogens (tertiary/aromatic N) is 4. The number of ketones is 1. The molecule has 2 aromatic carbocycles. The van der Waals surface area contributed by atoms with Crippen molar-refractivity contribution in [1.29, 1.82) is 0 Å². The Balaban J connectivity index is 1.36. The number of benzene rings is 2. The molecule has 1 amide bonds. The van der Waals surface area contributed by atoms with Gasteiger partial charge in [-0.05, 0) is 29.9 Å². The summed E-state index contributed by atoms with van der Waals surface area (Å²) in [4.78, 5) is 43.2. The number of aromatic nitrogens is 4. The summed E-state index contributed by atoms with van der Waals surface area (Å²) < 4.78 is 7.11. The summed E-state index contributed by atoms with van der Waals surface area (Å²) in [5.74, 6) is -1.28. The third-order valence-corrected chi connectivity index (χ3v) is 6.84. The first-order chi connectivity index (χ1) is 18.3. The highest BCUT2D eigenvalue weighted by Gasteiger charge is 2.51. The van der Waals surface area contributed by atoms with Crippen molar-refractivity contribution < 1.29 is 14.0 Å². The lowest BCUT2D eigenvalue weighted by molar-refractivity contribution is -0.122. The quantitative estimate of drug-likeness (QED) is 0.326. The average molecular weight is 513 g/mol. The van der Waals surface area contributed by atoms with Gasteiger partial charge in [0.1, 0.15) is 6.54 Å². The molecule has 3 N–H and O–H groups in total. The van der Waals surface area contributed by atoms with E-state index >= 15 is 0 Å². The first-order valence-electron chi connectivity index (χ1n) is 12.4. The summed E-state index contributed by atoms with van der Waals surface area (Å²) in [5, 5.41) is 11.0. The summed E-state index contributed by atoms with van der Waals surface area (Å²) in [6, 6.07) is 18.0. The number of rotatable bonds is 9. The molecule has 4 aromatic rings. The van der Waals surface area contributed by atoms with Gasteiger partial charge < -0.3 is 15.5 Å². The molecule has 1 saturated carbocycles. The lowest BCUT2D eigenvalue weighted by Gasteiger charge is -2.20. The summed E-state index contributed by atoms with van der Waals surface area (Å²) >= 11 is 0. The Morgan fingerprint density at radius 3 is 2.34 bits per heavy atom. The molecule has 1 aliphatic rings. The first-order valence-corrected chi connectivity index (χ1v) is 12.4. The summed E-state index contributed by atoms with van der Waals surface area (Å²) in [6.07, 6.45) is 3.15. The smallest absolute Gasteiger partial charge is 0.294 e. The molecule has 0 bridgehead atoms. The number of Topliss-reactive ketones (excluding diaryl/α,β-unsaturated/α-hetero) is 1. The zero-order chi connectivity index (χ0) is 26.9. The highest BCUT2D eigenvalue weighted by Crippen LogP contribution is 2.52. The molecule has 0 radical (unpaired) electrons. The maximum absolute atomic E-state index is 13.4. The molecule has 5 rings (SSSR count).